The van der Waals surface area contributed by atoms with Gasteiger partial charge in [-0.25, -0.2) is 4.98 Å². The van der Waals surface area contributed by atoms with E-state index in [0.717, 1.165) is 13.1 Å². The lowest BCUT2D eigenvalue weighted by Gasteiger charge is -2.30. The number of hydrogen-bond acceptors (Lipinski definition) is 4. The van der Waals surface area contributed by atoms with Gasteiger partial charge in [0.15, 0.2) is 0 Å². The van der Waals surface area contributed by atoms with E-state index in [2.05, 4.69) is 41.2 Å². The van der Waals surface area contributed by atoms with E-state index < -0.39 is 0 Å². The van der Waals surface area contributed by atoms with Crippen molar-refractivity contribution in [2.24, 2.45) is 0 Å². The lowest BCUT2D eigenvalue weighted by atomic mass is 10.0. The SMILES string of the molecule is CCN(CC)C(CNC(=O)c1ccc(N)cn1)c1ccccc1. The number of benzene rings is 1. The Bertz CT molecular complexity index is 609. The minimum Gasteiger partial charge on any atom is -0.397 e. The quantitative estimate of drug-likeness (QED) is 0.824. The molecule has 5 nitrogen and oxygen atoms in total. The van der Waals surface area contributed by atoms with Gasteiger partial charge < -0.3 is 11.1 Å². The molecule has 1 aromatic carbocycles. The fraction of sp³-hybridized carbons (Fsp3) is 0.333. The second-order valence-corrected chi connectivity index (χ2v) is 5.33. The summed E-state index contributed by atoms with van der Waals surface area (Å²) in [5.41, 5.74) is 7.72. The summed E-state index contributed by atoms with van der Waals surface area (Å²) in [7, 11) is 0. The molecule has 3 N–H and O–H groups in total. The molecular weight excluding hydrogens is 288 g/mol. The summed E-state index contributed by atoms with van der Waals surface area (Å²) in [5, 5.41) is 2.98. The summed E-state index contributed by atoms with van der Waals surface area (Å²) < 4.78 is 0. The van der Waals surface area contributed by atoms with E-state index in [9.17, 15) is 4.79 Å². The van der Waals surface area contributed by atoms with E-state index in [1.165, 1.54) is 11.8 Å². The average molecular weight is 312 g/mol. The van der Waals surface area contributed by atoms with Crippen molar-refractivity contribution >= 4 is 11.6 Å². The van der Waals surface area contributed by atoms with Crippen LogP contribution in [-0.4, -0.2) is 35.4 Å². The van der Waals surface area contributed by atoms with Crippen molar-refractivity contribution in [3.63, 3.8) is 0 Å². The number of aromatic nitrogens is 1. The van der Waals surface area contributed by atoms with Crippen molar-refractivity contribution in [3.05, 3.63) is 59.9 Å². The molecule has 0 saturated heterocycles. The zero-order valence-corrected chi connectivity index (χ0v) is 13.7. The van der Waals surface area contributed by atoms with E-state index in [1.807, 2.05) is 18.2 Å². The Morgan fingerprint density at radius 2 is 1.87 bits per heavy atom. The molecule has 1 unspecified atom stereocenters. The number of nitrogens with one attached hydrogen (secondary N) is 1. The summed E-state index contributed by atoms with van der Waals surface area (Å²) in [6, 6.07) is 13.7. The highest BCUT2D eigenvalue weighted by Gasteiger charge is 2.19. The average Bonchev–Trinajstić information content (AvgIpc) is 2.59. The van der Waals surface area contributed by atoms with Gasteiger partial charge >= 0.3 is 0 Å². The third-order valence-corrected chi connectivity index (χ3v) is 3.91. The largest absolute Gasteiger partial charge is 0.397 e. The zero-order chi connectivity index (χ0) is 16.7. The van der Waals surface area contributed by atoms with Crippen LogP contribution in [-0.2, 0) is 0 Å². The van der Waals surface area contributed by atoms with Crippen molar-refractivity contribution in [3.8, 4) is 0 Å². The molecule has 0 aliphatic heterocycles. The number of nitrogen functional groups attached to an aromatic ring is 1. The van der Waals surface area contributed by atoms with Crippen LogP contribution in [0.2, 0.25) is 0 Å². The highest BCUT2D eigenvalue weighted by molar-refractivity contribution is 5.92. The van der Waals surface area contributed by atoms with E-state index in [0.29, 0.717) is 17.9 Å². The van der Waals surface area contributed by atoms with Crippen molar-refractivity contribution < 1.29 is 4.79 Å². The first-order chi connectivity index (χ1) is 11.2. The molecule has 0 saturated carbocycles. The number of hydrogen-bond donors (Lipinski definition) is 2. The van der Waals surface area contributed by atoms with E-state index in [-0.39, 0.29) is 11.9 Å². The normalized spacial score (nSPS) is 12.1. The molecule has 23 heavy (non-hydrogen) atoms. The van der Waals surface area contributed by atoms with E-state index in [1.54, 1.807) is 12.1 Å². The number of rotatable bonds is 7. The lowest BCUT2D eigenvalue weighted by molar-refractivity contribution is 0.0930. The van der Waals surface area contributed by atoms with Crippen molar-refractivity contribution in [2.45, 2.75) is 19.9 Å². The van der Waals surface area contributed by atoms with Gasteiger partial charge in [-0.3, -0.25) is 9.69 Å². The molecular formula is C18H24N4O. The molecule has 0 fully saturated rings. The van der Waals surface area contributed by atoms with Gasteiger partial charge in [-0.1, -0.05) is 44.2 Å². The Labute approximate surface area is 137 Å². The number of carbonyl (C=O) groups excluding carboxylic acids is 1. The standard InChI is InChI=1S/C18H24N4O/c1-3-22(4-2)17(14-8-6-5-7-9-14)13-21-18(23)16-11-10-15(19)12-20-16/h5-12,17H,3-4,13,19H2,1-2H3,(H,21,23). The number of nitrogens with two attached hydrogens (primary N) is 1. The van der Waals surface area contributed by atoms with Gasteiger partial charge in [0.05, 0.1) is 17.9 Å². The lowest BCUT2D eigenvalue weighted by Crippen LogP contribution is -2.38. The third-order valence-electron chi connectivity index (χ3n) is 3.91. The van der Waals surface area contributed by atoms with E-state index >= 15 is 0 Å². The molecule has 0 spiro atoms. The molecule has 0 aliphatic carbocycles. The highest BCUT2D eigenvalue weighted by atomic mass is 16.1. The maximum absolute atomic E-state index is 12.3. The molecule has 1 amide bonds. The molecule has 122 valence electrons. The number of pyridine rings is 1. The molecule has 1 aromatic heterocycles. The Balaban J connectivity index is 2.09. The number of carbonyl (C=O) groups is 1. The fourth-order valence-corrected chi connectivity index (χ4v) is 2.62. The van der Waals surface area contributed by atoms with E-state index in [4.69, 9.17) is 5.73 Å². The van der Waals surface area contributed by atoms with Gasteiger partial charge in [0.25, 0.3) is 5.91 Å². The Morgan fingerprint density at radius 3 is 2.43 bits per heavy atom. The van der Waals surface area contributed by atoms with Crippen LogP contribution < -0.4 is 11.1 Å². The second kappa shape index (κ2) is 8.29. The number of anilines is 1. The number of nitrogens with zero attached hydrogens (tertiary/aromatic N) is 2. The van der Waals surface area contributed by atoms with Gasteiger partial charge in [0.1, 0.15) is 5.69 Å². The second-order valence-electron chi connectivity index (χ2n) is 5.33. The summed E-state index contributed by atoms with van der Waals surface area (Å²) in [6.45, 7) is 6.64. The maximum Gasteiger partial charge on any atom is 0.269 e. The Kier molecular flexibility index (Phi) is 6.11. The minimum absolute atomic E-state index is 0.143. The van der Waals surface area contributed by atoms with Crippen molar-refractivity contribution in [1.82, 2.24) is 15.2 Å². The first-order valence-electron chi connectivity index (χ1n) is 7.94. The molecule has 1 heterocycles. The summed E-state index contributed by atoms with van der Waals surface area (Å²) >= 11 is 0. The van der Waals surface area contributed by atoms with Gasteiger partial charge in [-0.05, 0) is 30.8 Å². The van der Waals surface area contributed by atoms with Crippen LogP contribution >= 0.6 is 0 Å². The number of amides is 1. The van der Waals surface area contributed by atoms with Gasteiger partial charge in [0.2, 0.25) is 0 Å². The minimum atomic E-state index is -0.182. The van der Waals surface area contributed by atoms with Crippen LogP contribution in [0.25, 0.3) is 0 Å². The molecule has 2 rings (SSSR count). The molecule has 0 aliphatic rings. The summed E-state index contributed by atoms with van der Waals surface area (Å²) in [6.07, 6.45) is 1.49. The first kappa shape index (κ1) is 17.0. The Morgan fingerprint density at radius 1 is 1.17 bits per heavy atom. The van der Waals surface area contributed by atoms with Gasteiger partial charge in [-0.2, -0.15) is 0 Å². The fourth-order valence-electron chi connectivity index (χ4n) is 2.62. The highest BCUT2D eigenvalue weighted by Crippen LogP contribution is 2.19. The smallest absolute Gasteiger partial charge is 0.269 e. The van der Waals surface area contributed by atoms with Crippen LogP contribution in [0, 0.1) is 0 Å². The van der Waals surface area contributed by atoms with Gasteiger partial charge in [0, 0.05) is 6.54 Å². The monoisotopic (exact) mass is 312 g/mol. The van der Waals surface area contributed by atoms with Crippen LogP contribution in [0.4, 0.5) is 5.69 Å². The topological polar surface area (TPSA) is 71.2 Å². The van der Waals surface area contributed by atoms with Crippen molar-refractivity contribution in [1.29, 1.82) is 0 Å². The Hall–Kier alpha value is -2.40. The molecule has 0 radical (unpaired) electrons. The molecule has 1 atom stereocenters. The third kappa shape index (κ3) is 4.53. The van der Waals surface area contributed by atoms with Crippen LogP contribution in [0.15, 0.2) is 48.7 Å². The van der Waals surface area contributed by atoms with Crippen LogP contribution in [0.1, 0.15) is 35.9 Å². The zero-order valence-electron chi connectivity index (χ0n) is 13.7. The van der Waals surface area contributed by atoms with Gasteiger partial charge in [-0.15, -0.1) is 0 Å². The number of likely N-dealkylation sites (N-methyl/N-ethyl adjacent to an activating group) is 1. The first-order valence-corrected chi connectivity index (χ1v) is 7.94. The molecule has 5 heteroatoms. The van der Waals surface area contributed by atoms with Crippen LogP contribution in [0.5, 0.6) is 0 Å². The van der Waals surface area contributed by atoms with Crippen LogP contribution in [0.3, 0.4) is 0 Å². The van der Waals surface area contributed by atoms with Crippen molar-refractivity contribution in [2.75, 3.05) is 25.4 Å². The molecule has 0 bridgehead atoms. The summed E-state index contributed by atoms with van der Waals surface area (Å²) in [5.74, 6) is -0.182. The maximum atomic E-state index is 12.3. The predicted octanol–water partition coefficient (Wildman–Crippen LogP) is 2.48. The predicted molar refractivity (Wildman–Crippen MR) is 93.1 cm³/mol. The summed E-state index contributed by atoms with van der Waals surface area (Å²) in [4.78, 5) is 18.6. The molecule has 2 aromatic rings.